The van der Waals surface area contributed by atoms with Gasteiger partial charge in [-0.15, -0.1) is 18.2 Å². The average Bonchev–Trinajstić information content (AvgIpc) is 2.44. The van der Waals surface area contributed by atoms with Gasteiger partial charge in [-0.05, 0) is 6.42 Å². The zero-order valence-electron chi connectivity index (χ0n) is 11.4. The van der Waals surface area contributed by atoms with E-state index in [9.17, 15) is 10.1 Å². The molecule has 1 aromatic rings. The second-order valence-electron chi connectivity index (χ2n) is 4.00. The van der Waals surface area contributed by atoms with Crippen LogP contribution in [0.1, 0.15) is 13.3 Å². The van der Waals surface area contributed by atoms with Crippen molar-refractivity contribution in [1.82, 2.24) is 0 Å². The van der Waals surface area contributed by atoms with Crippen LogP contribution in [-0.4, -0.2) is 29.6 Å². The van der Waals surface area contributed by atoms with E-state index in [1.165, 1.54) is 12.1 Å². The van der Waals surface area contributed by atoms with Crippen molar-refractivity contribution in [2.24, 2.45) is 0 Å². The third kappa shape index (κ3) is 5.85. The maximum Gasteiger partial charge on any atom is 0.275 e. The molecule has 0 unspecified atom stereocenters. The number of thioether (sulfide) groups is 1. The average molecular weight is 294 g/mol. The quantitative estimate of drug-likeness (QED) is 0.328. The first kappa shape index (κ1) is 16.2. The summed E-state index contributed by atoms with van der Waals surface area (Å²) in [7, 11) is 0. The van der Waals surface area contributed by atoms with Gasteiger partial charge in [0.25, 0.3) is 5.69 Å². The van der Waals surface area contributed by atoms with Gasteiger partial charge < -0.3 is 10.1 Å². The largest absolute Gasteiger partial charge is 0.493 e. The van der Waals surface area contributed by atoms with Gasteiger partial charge in [0, 0.05) is 30.1 Å². The van der Waals surface area contributed by atoms with Gasteiger partial charge >= 0.3 is 0 Å². The molecule has 20 heavy (non-hydrogen) atoms. The summed E-state index contributed by atoms with van der Waals surface area (Å²) in [5, 5.41) is 14.0. The Morgan fingerprint density at radius 1 is 1.50 bits per heavy atom. The monoisotopic (exact) mass is 294 g/mol. The lowest BCUT2D eigenvalue weighted by Crippen LogP contribution is -2.05. The van der Waals surface area contributed by atoms with Crippen LogP contribution >= 0.6 is 11.8 Å². The maximum atomic E-state index is 10.9. The molecule has 0 fully saturated rings. The number of nitro benzene ring substituents is 1. The molecule has 5 nitrogen and oxygen atoms in total. The van der Waals surface area contributed by atoms with E-state index >= 15 is 0 Å². The molecule has 0 radical (unpaired) electrons. The summed E-state index contributed by atoms with van der Waals surface area (Å²) in [6.07, 6.45) is 6.01. The van der Waals surface area contributed by atoms with Gasteiger partial charge in [-0.25, -0.2) is 0 Å². The second-order valence-corrected chi connectivity index (χ2v) is 5.11. The van der Waals surface area contributed by atoms with Gasteiger partial charge in [0.15, 0.2) is 0 Å². The minimum absolute atomic E-state index is 0.0254. The van der Waals surface area contributed by atoms with Crippen LogP contribution in [0.3, 0.4) is 0 Å². The van der Waals surface area contributed by atoms with Crippen LogP contribution in [0.4, 0.5) is 11.4 Å². The van der Waals surface area contributed by atoms with Gasteiger partial charge in [0.1, 0.15) is 5.75 Å². The molecule has 1 aromatic carbocycles. The Morgan fingerprint density at radius 3 is 2.95 bits per heavy atom. The van der Waals surface area contributed by atoms with E-state index in [0.29, 0.717) is 30.3 Å². The highest BCUT2D eigenvalue weighted by molar-refractivity contribution is 7.99. The number of non-ortho nitro benzene ring substituents is 1. The molecule has 6 heteroatoms. The van der Waals surface area contributed by atoms with E-state index < -0.39 is 4.92 Å². The van der Waals surface area contributed by atoms with Gasteiger partial charge in [-0.3, -0.25) is 10.1 Å². The number of benzene rings is 1. The number of rotatable bonds is 9. The smallest absolute Gasteiger partial charge is 0.275 e. The van der Waals surface area contributed by atoms with Crippen LogP contribution in [0.25, 0.3) is 0 Å². The molecule has 0 saturated heterocycles. The third-order valence-electron chi connectivity index (χ3n) is 2.34. The van der Waals surface area contributed by atoms with Crippen molar-refractivity contribution in [3.63, 3.8) is 0 Å². The van der Waals surface area contributed by atoms with Gasteiger partial charge in [-0.2, -0.15) is 0 Å². The SMILES string of the molecule is C#CCSCCNc1cc(OCCC)cc([N+](=O)[O-])c1. The number of nitrogens with zero attached hydrogens (tertiary/aromatic N) is 1. The molecule has 0 aliphatic carbocycles. The maximum absolute atomic E-state index is 10.9. The highest BCUT2D eigenvalue weighted by Crippen LogP contribution is 2.26. The summed E-state index contributed by atoms with van der Waals surface area (Å²) in [5.41, 5.74) is 0.712. The summed E-state index contributed by atoms with van der Waals surface area (Å²) in [5.74, 6) is 4.58. The van der Waals surface area contributed by atoms with Crippen molar-refractivity contribution in [2.45, 2.75) is 13.3 Å². The molecule has 1 N–H and O–H groups in total. The van der Waals surface area contributed by atoms with Crippen molar-refractivity contribution in [3.8, 4) is 18.1 Å². The lowest BCUT2D eigenvalue weighted by molar-refractivity contribution is -0.384. The standard InChI is InChI=1S/C14H18N2O3S/c1-3-6-19-14-10-12(9-13(11-14)16(17)18)15-5-8-20-7-4-2/h2,9-11,15H,3,5-8H2,1H3. The zero-order chi connectivity index (χ0) is 14.8. The predicted molar refractivity (Wildman–Crippen MR) is 83.5 cm³/mol. The third-order valence-corrected chi connectivity index (χ3v) is 3.20. The minimum Gasteiger partial charge on any atom is -0.493 e. The Labute approximate surface area is 123 Å². The highest BCUT2D eigenvalue weighted by Gasteiger charge is 2.10. The number of ether oxygens (including phenoxy) is 1. The van der Waals surface area contributed by atoms with E-state index in [-0.39, 0.29) is 5.69 Å². The van der Waals surface area contributed by atoms with Crippen molar-refractivity contribution in [1.29, 1.82) is 0 Å². The number of nitro groups is 1. The van der Waals surface area contributed by atoms with Gasteiger partial charge in [0.05, 0.1) is 23.3 Å². The Morgan fingerprint density at radius 2 is 2.30 bits per heavy atom. The number of hydrogen-bond acceptors (Lipinski definition) is 5. The highest BCUT2D eigenvalue weighted by atomic mass is 32.2. The molecule has 0 bridgehead atoms. The van der Waals surface area contributed by atoms with Crippen LogP contribution < -0.4 is 10.1 Å². The lowest BCUT2D eigenvalue weighted by Gasteiger charge is -2.09. The first-order valence-corrected chi connectivity index (χ1v) is 7.50. The zero-order valence-corrected chi connectivity index (χ0v) is 12.2. The normalized spacial score (nSPS) is 9.80. The molecule has 0 aliphatic heterocycles. The fraction of sp³-hybridized carbons (Fsp3) is 0.429. The molecular formula is C14H18N2O3S. The van der Waals surface area contributed by atoms with E-state index in [4.69, 9.17) is 11.2 Å². The molecule has 108 valence electrons. The van der Waals surface area contributed by atoms with Crippen molar-refractivity contribution >= 4 is 23.1 Å². The van der Waals surface area contributed by atoms with Gasteiger partial charge in [-0.1, -0.05) is 12.8 Å². The molecule has 0 amide bonds. The molecule has 0 aliphatic rings. The van der Waals surface area contributed by atoms with Crippen LogP contribution in [0.5, 0.6) is 5.75 Å². The molecule has 0 heterocycles. The fourth-order valence-corrected chi connectivity index (χ4v) is 2.00. The van der Waals surface area contributed by atoms with Crippen LogP contribution in [-0.2, 0) is 0 Å². The molecule has 1 rings (SSSR count). The minimum atomic E-state index is -0.420. The Bertz CT molecular complexity index is 486. The topological polar surface area (TPSA) is 64.4 Å². The van der Waals surface area contributed by atoms with Crippen molar-refractivity contribution < 1.29 is 9.66 Å². The van der Waals surface area contributed by atoms with Crippen molar-refractivity contribution in [2.75, 3.05) is 30.0 Å². The Kier molecular flexibility index (Phi) is 7.36. The fourth-order valence-electron chi connectivity index (χ4n) is 1.49. The second kappa shape index (κ2) is 9.10. The van der Waals surface area contributed by atoms with E-state index in [1.54, 1.807) is 17.8 Å². The van der Waals surface area contributed by atoms with Crippen LogP contribution in [0.15, 0.2) is 18.2 Å². The molecule has 0 aromatic heterocycles. The van der Waals surface area contributed by atoms with Gasteiger partial charge in [0.2, 0.25) is 0 Å². The number of terminal acetylenes is 1. The molecule has 0 spiro atoms. The Hall–Kier alpha value is -1.87. The van der Waals surface area contributed by atoms with E-state index in [1.807, 2.05) is 6.92 Å². The first-order chi connectivity index (χ1) is 9.67. The summed E-state index contributed by atoms with van der Waals surface area (Å²) < 4.78 is 5.46. The number of nitrogens with one attached hydrogen (secondary N) is 1. The lowest BCUT2D eigenvalue weighted by atomic mass is 10.2. The Balaban J connectivity index is 2.66. The summed E-state index contributed by atoms with van der Waals surface area (Å²) in [4.78, 5) is 10.5. The summed E-state index contributed by atoms with van der Waals surface area (Å²) in [6.45, 7) is 3.22. The van der Waals surface area contributed by atoms with E-state index in [0.717, 1.165) is 12.2 Å². The first-order valence-electron chi connectivity index (χ1n) is 6.34. The van der Waals surface area contributed by atoms with Crippen LogP contribution in [0, 0.1) is 22.5 Å². The predicted octanol–water partition coefficient (Wildman–Crippen LogP) is 3.16. The molecule has 0 atom stereocenters. The molecular weight excluding hydrogens is 276 g/mol. The summed E-state index contributed by atoms with van der Waals surface area (Å²) >= 11 is 1.64. The number of hydrogen-bond donors (Lipinski definition) is 1. The summed E-state index contributed by atoms with van der Waals surface area (Å²) in [6, 6.07) is 4.72. The van der Waals surface area contributed by atoms with E-state index in [2.05, 4.69) is 11.2 Å². The molecule has 0 saturated carbocycles. The van der Waals surface area contributed by atoms with Crippen molar-refractivity contribution in [3.05, 3.63) is 28.3 Å². The van der Waals surface area contributed by atoms with Crippen LogP contribution in [0.2, 0.25) is 0 Å². The number of anilines is 1.